The Balaban J connectivity index is 3.86. The summed E-state index contributed by atoms with van der Waals surface area (Å²) in [5.74, 6) is -1.13. The van der Waals surface area contributed by atoms with Crippen molar-refractivity contribution in [3.05, 3.63) is 0 Å². The maximum atomic E-state index is 12.2. The Labute approximate surface area is 221 Å². The first-order valence-electron chi connectivity index (χ1n) is 14.6. The summed E-state index contributed by atoms with van der Waals surface area (Å²) in [6.07, 6.45) is 20.1. The van der Waals surface area contributed by atoms with Gasteiger partial charge >= 0.3 is 11.9 Å². The topological polar surface area (TPSA) is 107 Å². The van der Waals surface area contributed by atoms with Gasteiger partial charge in [0.15, 0.2) is 5.25 Å². The summed E-state index contributed by atoms with van der Waals surface area (Å²) < 4.78 is 43.1. The molecule has 0 bridgehead atoms. The monoisotopic (exact) mass is 534 g/mol. The largest absolute Gasteiger partial charge is 0.466 e. The van der Waals surface area contributed by atoms with Gasteiger partial charge in [-0.05, 0) is 25.7 Å². The molecular formula is C28H54O7S. The molecule has 0 radical (unpaired) electrons. The van der Waals surface area contributed by atoms with Crippen molar-refractivity contribution < 1.29 is 32.0 Å². The first kappa shape index (κ1) is 34.9. The van der Waals surface area contributed by atoms with Crippen LogP contribution in [0.4, 0.5) is 0 Å². The van der Waals surface area contributed by atoms with E-state index in [2.05, 4.69) is 13.8 Å². The third-order valence-electron chi connectivity index (χ3n) is 6.47. The SMILES string of the molecule is CCCCCCCCCCOC(=O)CCCCCC(C(=O)OCCCCCCCCCC)S(=O)(=O)O. The summed E-state index contributed by atoms with van der Waals surface area (Å²) in [5.41, 5.74) is 0. The van der Waals surface area contributed by atoms with Crippen LogP contribution in [0.1, 0.15) is 149 Å². The molecule has 0 saturated carbocycles. The van der Waals surface area contributed by atoms with Crippen LogP contribution in [-0.4, -0.2) is 43.4 Å². The van der Waals surface area contributed by atoms with E-state index in [1.54, 1.807) is 0 Å². The Morgan fingerprint density at radius 3 is 1.50 bits per heavy atom. The minimum atomic E-state index is -4.52. The van der Waals surface area contributed by atoms with E-state index in [0.717, 1.165) is 32.1 Å². The first-order valence-corrected chi connectivity index (χ1v) is 16.1. The number of ether oxygens (including phenoxy) is 2. The summed E-state index contributed by atoms with van der Waals surface area (Å²) in [4.78, 5) is 24.0. The van der Waals surface area contributed by atoms with Crippen molar-refractivity contribution in [2.75, 3.05) is 13.2 Å². The summed E-state index contributed by atoms with van der Waals surface area (Å²) >= 11 is 0. The lowest BCUT2D eigenvalue weighted by Crippen LogP contribution is -2.32. The maximum absolute atomic E-state index is 12.2. The highest BCUT2D eigenvalue weighted by molar-refractivity contribution is 7.87. The van der Waals surface area contributed by atoms with Crippen LogP contribution in [-0.2, 0) is 29.2 Å². The summed E-state index contributed by atoms with van der Waals surface area (Å²) in [7, 11) is -4.52. The van der Waals surface area contributed by atoms with E-state index >= 15 is 0 Å². The Hall–Kier alpha value is -1.15. The van der Waals surface area contributed by atoms with Crippen LogP contribution < -0.4 is 0 Å². The molecule has 0 aromatic heterocycles. The van der Waals surface area contributed by atoms with Gasteiger partial charge in [-0.2, -0.15) is 8.42 Å². The molecule has 0 rings (SSSR count). The molecule has 0 aliphatic carbocycles. The van der Waals surface area contributed by atoms with Gasteiger partial charge in [0, 0.05) is 6.42 Å². The molecular weight excluding hydrogens is 480 g/mol. The van der Waals surface area contributed by atoms with Gasteiger partial charge in [-0.15, -0.1) is 0 Å². The number of carbonyl (C=O) groups excluding carboxylic acids is 2. The number of unbranched alkanes of at least 4 members (excludes halogenated alkanes) is 16. The second-order valence-electron chi connectivity index (χ2n) is 9.94. The molecule has 0 aliphatic heterocycles. The van der Waals surface area contributed by atoms with Crippen LogP contribution in [0, 0.1) is 0 Å². The fraction of sp³-hybridized carbons (Fsp3) is 0.929. The maximum Gasteiger partial charge on any atom is 0.326 e. The van der Waals surface area contributed by atoms with Gasteiger partial charge in [0.1, 0.15) is 0 Å². The number of hydrogen-bond acceptors (Lipinski definition) is 6. The highest BCUT2D eigenvalue weighted by Gasteiger charge is 2.31. The Kier molecular flexibility index (Phi) is 23.4. The zero-order valence-corrected chi connectivity index (χ0v) is 24.0. The Bertz CT molecular complexity index is 634. The zero-order chi connectivity index (χ0) is 26.9. The molecule has 0 saturated heterocycles. The van der Waals surface area contributed by atoms with E-state index in [-0.39, 0.29) is 25.4 Å². The van der Waals surface area contributed by atoms with Gasteiger partial charge in [-0.1, -0.05) is 117 Å². The first-order chi connectivity index (χ1) is 17.3. The summed E-state index contributed by atoms with van der Waals surface area (Å²) in [6.45, 7) is 5.01. The van der Waals surface area contributed by atoms with E-state index in [9.17, 15) is 22.6 Å². The van der Waals surface area contributed by atoms with Gasteiger partial charge in [0.2, 0.25) is 0 Å². The van der Waals surface area contributed by atoms with E-state index in [1.165, 1.54) is 64.2 Å². The van der Waals surface area contributed by atoms with Crippen LogP contribution in [0.3, 0.4) is 0 Å². The standard InChI is InChI=1S/C28H54O7S/c1-3-5-7-9-11-13-15-20-24-34-27(29)23-19-17-18-22-26(36(31,32)33)28(30)35-25-21-16-14-12-10-8-6-4-2/h26H,3-25H2,1-2H3,(H,31,32,33). The third kappa shape index (κ3) is 22.1. The second-order valence-corrected chi connectivity index (χ2v) is 11.5. The van der Waals surface area contributed by atoms with E-state index < -0.39 is 21.3 Å². The van der Waals surface area contributed by atoms with Crippen molar-refractivity contribution in [1.29, 1.82) is 0 Å². The number of hydrogen-bond donors (Lipinski definition) is 1. The van der Waals surface area contributed by atoms with Crippen LogP contribution in [0.25, 0.3) is 0 Å². The number of rotatable bonds is 26. The second kappa shape index (κ2) is 24.2. The van der Waals surface area contributed by atoms with Crippen molar-refractivity contribution >= 4 is 22.1 Å². The normalized spacial score (nSPS) is 12.4. The molecule has 0 amide bonds. The zero-order valence-electron chi connectivity index (χ0n) is 23.1. The molecule has 8 heteroatoms. The minimum absolute atomic E-state index is 0.0115. The van der Waals surface area contributed by atoms with E-state index in [1.807, 2.05) is 0 Å². The molecule has 1 N–H and O–H groups in total. The minimum Gasteiger partial charge on any atom is -0.466 e. The summed E-state index contributed by atoms with van der Waals surface area (Å²) in [6, 6.07) is 0. The van der Waals surface area contributed by atoms with Crippen molar-refractivity contribution in [3.8, 4) is 0 Å². The molecule has 0 heterocycles. The highest BCUT2D eigenvalue weighted by Crippen LogP contribution is 2.15. The smallest absolute Gasteiger partial charge is 0.326 e. The van der Waals surface area contributed by atoms with Crippen molar-refractivity contribution in [3.63, 3.8) is 0 Å². The lowest BCUT2D eigenvalue weighted by atomic mass is 10.1. The van der Waals surface area contributed by atoms with Crippen LogP contribution in [0.5, 0.6) is 0 Å². The van der Waals surface area contributed by atoms with E-state index in [4.69, 9.17) is 9.47 Å². The molecule has 0 aromatic carbocycles. The Morgan fingerprint density at radius 2 is 1.03 bits per heavy atom. The molecule has 7 nitrogen and oxygen atoms in total. The fourth-order valence-electron chi connectivity index (χ4n) is 4.16. The number of carbonyl (C=O) groups is 2. The molecule has 0 aliphatic rings. The molecule has 0 fully saturated rings. The quantitative estimate of drug-likeness (QED) is 0.0693. The molecule has 36 heavy (non-hydrogen) atoms. The highest BCUT2D eigenvalue weighted by atomic mass is 32.2. The van der Waals surface area contributed by atoms with Gasteiger partial charge in [-0.25, -0.2) is 0 Å². The van der Waals surface area contributed by atoms with Gasteiger partial charge < -0.3 is 9.47 Å². The lowest BCUT2D eigenvalue weighted by Gasteiger charge is -2.13. The van der Waals surface area contributed by atoms with Gasteiger partial charge in [-0.3, -0.25) is 14.1 Å². The van der Waals surface area contributed by atoms with Crippen LogP contribution >= 0.6 is 0 Å². The molecule has 1 unspecified atom stereocenters. The van der Waals surface area contributed by atoms with Crippen molar-refractivity contribution in [2.24, 2.45) is 0 Å². The predicted octanol–water partition coefficient (Wildman–Crippen LogP) is 7.56. The van der Waals surface area contributed by atoms with Crippen molar-refractivity contribution in [1.82, 2.24) is 0 Å². The molecule has 214 valence electrons. The van der Waals surface area contributed by atoms with Crippen LogP contribution in [0.15, 0.2) is 0 Å². The van der Waals surface area contributed by atoms with E-state index in [0.29, 0.717) is 32.3 Å². The van der Waals surface area contributed by atoms with Gasteiger partial charge in [0.05, 0.1) is 13.2 Å². The van der Waals surface area contributed by atoms with Gasteiger partial charge in [0.25, 0.3) is 10.1 Å². The average molecular weight is 535 g/mol. The molecule has 1 atom stereocenters. The Morgan fingerprint density at radius 1 is 0.611 bits per heavy atom. The fourth-order valence-corrected chi connectivity index (χ4v) is 4.94. The molecule has 0 aromatic rings. The molecule has 0 spiro atoms. The average Bonchev–Trinajstić information content (AvgIpc) is 2.83. The van der Waals surface area contributed by atoms with Crippen molar-refractivity contribution in [2.45, 2.75) is 154 Å². The number of esters is 2. The van der Waals surface area contributed by atoms with Crippen LogP contribution in [0.2, 0.25) is 0 Å². The third-order valence-corrected chi connectivity index (χ3v) is 7.62. The summed E-state index contributed by atoms with van der Waals surface area (Å²) in [5, 5.41) is -1.56. The predicted molar refractivity (Wildman–Crippen MR) is 146 cm³/mol. The lowest BCUT2D eigenvalue weighted by molar-refractivity contribution is -0.144.